The van der Waals surface area contributed by atoms with Crippen LogP contribution in [-0.2, 0) is 0 Å². The van der Waals surface area contributed by atoms with E-state index in [1.54, 1.807) is 0 Å². The number of hydrogen-bond donors (Lipinski definition) is 3. The molecule has 0 amide bonds. The number of phenols is 2. The minimum Gasteiger partial charge on any atom is -0.507 e. The van der Waals surface area contributed by atoms with Crippen LogP contribution in [0.3, 0.4) is 0 Å². The zero-order valence-corrected chi connectivity index (χ0v) is 21.3. The van der Waals surface area contributed by atoms with Gasteiger partial charge < -0.3 is 20.3 Å². The summed E-state index contributed by atoms with van der Waals surface area (Å²) in [6, 6.07) is 11.8. The predicted octanol–water partition coefficient (Wildman–Crippen LogP) is 7.52. The molecule has 0 radical (unpaired) electrons. The minimum absolute atomic E-state index is 0.0152. The Hall–Kier alpha value is -4.36. The lowest BCUT2D eigenvalue weighted by molar-refractivity contribution is 0.0967. The molecule has 0 heterocycles. The molecule has 0 atom stereocenters. The van der Waals surface area contributed by atoms with Gasteiger partial charge in [0.15, 0.2) is 23.1 Å². The highest BCUT2D eigenvalue weighted by atomic mass is 35.5. The third kappa shape index (κ3) is 4.19. The summed E-state index contributed by atoms with van der Waals surface area (Å²) >= 11 is 18.4. The molecule has 1 aliphatic carbocycles. The number of para-hydroxylation sites is 1. The molecule has 4 aromatic rings. The van der Waals surface area contributed by atoms with Gasteiger partial charge in [-0.25, -0.2) is 8.78 Å². The fourth-order valence-electron chi connectivity index (χ4n) is 4.10. The first kappa shape index (κ1) is 26.3. The Morgan fingerprint density at radius 3 is 1.87 bits per heavy atom. The third-order valence-electron chi connectivity index (χ3n) is 5.89. The van der Waals surface area contributed by atoms with Gasteiger partial charge in [0, 0.05) is 5.69 Å². The largest absolute Gasteiger partial charge is 0.507 e. The normalized spacial score (nSPS) is 12.0. The maximum atomic E-state index is 16.2. The molecular weight excluding hydrogens is 577 g/mol. The molecule has 0 fully saturated rings. The summed E-state index contributed by atoms with van der Waals surface area (Å²) in [5.74, 6) is -8.05. The highest BCUT2D eigenvalue weighted by Gasteiger charge is 2.42. The summed E-state index contributed by atoms with van der Waals surface area (Å²) in [5.41, 5.74) is -4.02. The van der Waals surface area contributed by atoms with Crippen LogP contribution in [0.25, 0.3) is 0 Å². The smallest absolute Gasteiger partial charge is 0.201 e. The summed E-state index contributed by atoms with van der Waals surface area (Å²) in [6.07, 6.45) is 0. The van der Waals surface area contributed by atoms with Crippen molar-refractivity contribution in [2.75, 3.05) is 5.32 Å². The lowest BCUT2D eigenvalue weighted by Crippen LogP contribution is -2.25. The number of rotatable bonds is 4. The van der Waals surface area contributed by atoms with Crippen LogP contribution in [0, 0.1) is 23.0 Å². The molecule has 0 spiro atoms. The summed E-state index contributed by atoms with van der Waals surface area (Å²) in [5, 5.41) is 32.0. The molecule has 4 aromatic carbocycles. The standard InChI is InChI=1S/C27H11Cl3F2N2O5/c28-12-2-1-3-13(29)26(12)39-27-22(32)20-19(24(37)17-15(35)6-7-16(36)18(17)25(20)38)21(31)23(27)34-11-5-4-10(9-33)14(30)8-11/h1-8,34-36H. The molecule has 0 saturated carbocycles. The van der Waals surface area contributed by atoms with Crippen LogP contribution in [0.1, 0.15) is 37.4 Å². The maximum Gasteiger partial charge on any atom is 0.201 e. The van der Waals surface area contributed by atoms with Crippen LogP contribution >= 0.6 is 34.8 Å². The van der Waals surface area contributed by atoms with Crippen molar-refractivity contribution in [3.63, 3.8) is 0 Å². The first-order valence-electron chi connectivity index (χ1n) is 10.8. The van der Waals surface area contributed by atoms with Crippen molar-refractivity contribution >= 4 is 57.7 Å². The number of ether oxygens (including phenoxy) is 1. The SMILES string of the molecule is N#Cc1ccc(Nc2c(F)c3c(c(F)c2Oc2c(Cl)cccc2Cl)C(=O)c2c(O)ccc(O)c2C3=O)cc1Cl. The zero-order chi connectivity index (χ0) is 28.2. The van der Waals surface area contributed by atoms with Crippen molar-refractivity contribution in [2.24, 2.45) is 0 Å². The Balaban J connectivity index is 1.80. The quantitative estimate of drug-likeness (QED) is 0.186. The Kier molecular flexibility index (Phi) is 6.56. The lowest BCUT2D eigenvalue weighted by Gasteiger charge is -2.24. The molecule has 5 rings (SSSR count). The summed E-state index contributed by atoms with van der Waals surface area (Å²) < 4.78 is 38.0. The van der Waals surface area contributed by atoms with E-state index in [1.165, 1.54) is 36.4 Å². The van der Waals surface area contributed by atoms with Gasteiger partial charge >= 0.3 is 0 Å². The molecule has 0 aliphatic heterocycles. The molecule has 194 valence electrons. The fourth-order valence-corrected chi connectivity index (χ4v) is 4.80. The average molecular weight is 588 g/mol. The van der Waals surface area contributed by atoms with Crippen LogP contribution < -0.4 is 10.1 Å². The summed E-state index contributed by atoms with van der Waals surface area (Å²) in [4.78, 5) is 26.6. The number of fused-ring (bicyclic) bond motifs is 2. The van der Waals surface area contributed by atoms with Gasteiger partial charge in [-0.15, -0.1) is 0 Å². The van der Waals surface area contributed by atoms with Crippen molar-refractivity contribution in [1.29, 1.82) is 5.26 Å². The lowest BCUT2D eigenvalue weighted by atomic mass is 9.82. The van der Waals surface area contributed by atoms with Gasteiger partial charge in [-0.2, -0.15) is 5.26 Å². The molecule has 0 aromatic heterocycles. The van der Waals surface area contributed by atoms with Gasteiger partial charge in [-0.05, 0) is 42.5 Å². The van der Waals surface area contributed by atoms with E-state index in [2.05, 4.69) is 5.32 Å². The Bertz CT molecular complexity index is 1780. The highest BCUT2D eigenvalue weighted by molar-refractivity contribution is 6.37. The molecular formula is C27H11Cl3F2N2O5. The number of carbonyl (C=O) groups excluding carboxylic acids is 2. The predicted molar refractivity (Wildman–Crippen MR) is 139 cm³/mol. The van der Waals surface area contributed by atoms with E-state index in [4.69, 9.17) is 44.8 Å². The van der Waals surface area contributed by atoms with Gasteiger partial charge in [-0.3, -0.25) is 9.59 Å². The molecule has 3 N–H and O–H groups in total. The van der Waals surface area contributed by atoms with Gasteiger partial charge in [0.05, 0.1) is 42.9 Å². The highest BCUT2D eigenvalue weighted by Crippen LogP contribution is 2.48. The number of anilines is 2. The van der Waals surface area contributed by atoms with Gasteiger partial charge in [0.2, 0.25) is 11.6 Å². The molecule has 39 heavy (non-hydrogen) atoms. The topological polar surface area (TPSA) is 120 Å². The van der Waals surface area contributed by atoms with E-state index >= 15 is 8.78 Å². The van der Waals surface area contributed by atoms with Crippen LogP contribution in [-0.4, -0.2) is 21.8 Å². The second kappa shape index (κ2) is 9.75. The number of ketones is 2. The fraction of sp³-hybridized carbons (Fsp3) is 0. The van der Waals surface area contributed by atoms with Crippen LogP contribution in [0.2, 0.25) is 15.1 Å². The van der Waals surface area contributed by atoms with E-state index in [-0.39, 0.29) is 32.1 Å². The van der Waals surface area contributed by atoms with Gasteiger partial charge in [0.25, 0.3) is 0 Å². The van der Waals surface area contributed by atoms with E-state index in [0.717, 1.165) is 12.1 Å². The molecule has 1 aliphatic rings. The summed E-state index contributed by atoms with van der Waals surface area (Å²) in [6.45, 7) is 0. The second-order valence-corrected chi connectivity index (χ2v) is 9.40. The summed E-state index contributed by atoms with van der Waals surface area (Å²) in [7, 11) is 0. The van der Waals surface area contributed by atoms with E-state index in [0.29, 0.717) is 0 Å². The number of halogens is 5. The molecule has 0 unspecified atom stereocenters. The van der Waals surface area contributed by atoms with Crippen molar-refractivity contribution in [1.82, 2.24) is 0 Å². The number of hydrogen-bond acceptors (Lipinski definition) is 7. The van der Waals surface area contributed by atoms with Crippen LogP contribution in [0.4, 0.5) is 20.2 Å². The van der Waals surface area contributed by atoms with E-state index in [9.17, 15) is 19.8 Å². The number of phenolic OH excluding ortho intramolecular Hbond substituents is 2. The molecule has 0 saturated heterocycles. The monoisotopic (exact) mass is 586 g/mol. The molecule has 0 bridgehead atoms. The van der Waals surface area contributed by atoms with Crippen LogP contribution in [0.5, 0.6) is 23.0 Å². The van der Waals surface area contributed by atoms with Crippen molar-refractivity contribution in [3.05, 3.63) is 103 Å². The first-order valence-corrected chi connectivity index (χ1v) is 12.0. The Morgan fingerprint density at radius 2 is 1.33 bits per heavy atom. The zero-order valence-electron chi connectivity index (χ0n) is 19.1. The maximum absolute atomic E-state index is 16.2. The number of carbonyl (C=O) groups is 2. The van der Waals surface area contributed by atoms with E-state index in [1.807, 2.05) is 6.07 Å². The third-order valence-corrected chi connectivity index (χ3v) is 6.79. The van der Waals surface area contributed by atoms with Crippen molar-refractivity contribution in [3.8, 4) is 29.1 Å². The minimum atomic E-state index is -1.48. The van der Waals surface area contributed by atoms with Gasteiger partial charge in [0.1, 0.15) is 23.3 Å². The number of nitriles is 1. The van der Waals surface area contributed by atoms with Crippen molar-refractivity contribution in [2.45, 2.75) is 0 Å². The first-order chi connectivity index (χ1) is 18.5. The number of nitrogens with zero attached hydrogens (tertiary/aromatic N) is 1. The number of aromatic hydroxyl groups is 2. The second-order valence-electron chi connectivity index (χ2n) is 8.18. The number of nitrogens with one attached hydrogen (secondary N) is 1. The number of benzene rings is 4. The Morgan fingerprint density at radius 1 is 0.769 bits per heavy atom. The average Bonchev–Trinajstić information content (AvgIpc) is 2.89. The van der Waals surface area contributed by atoms with Crippen molar-refractivity contribution < 1.29 is 33.3 Å². The van der Waals surface area contributed by atoms with Crippen LogP contribution in [0.15, 0.2) is 48.5 Å². The Labute approximate surface area is 233 Å². The molecule has 12 heteroatoms. The van der Waals surface area contributed by atoms with E-state index < -0.39 is 68.4 Å². The van der Waals surface area contributed by atoms with Gasteiger partial charge in [-0.1, -0.05) is 40.9 Å². The molecule has 7 nitrogen and oxygen atoms in total.